The van der Waals surface area contributed by atoms with E-state index in [1.165, 1.54) is 19.1 Å². The third-order valence-corrected chi connectivity index (χ3v) is 6.94. The number of ether oxygens (including phenoxy) is 1. The molecule has 6 rings (SSSR count). The van der Waals surface area contributed by atoms with Crippen LogP contribution in [0.2, 0.25) is 0 Å². The highest BCUT2D eigenvalue weighted by Gasteiger charge is 2.19. The molecule has 3 amide bonds. The van der Waals surface area contributed by atoms with Gasteiger partial charge in [0.05, 0.1) is 24.4 Å². The Morgan fingerprint density at radius 3 is 2.21 bits per heavy atom. The lowest BCUT2D eigenvalue weighted by Crippen LogP contribution is -2.37. The molecule has 0 atom stereocenters. The van der Waals surface area contributed by atoms with E-state index in [4.69, 9.17) is 14.7 Å². The lowest BCUT2D eigenvalue weighted by Gasteiger charge is -2.29. The SMILES string of the molecule is CC(=O)Nc1ccc(NC(=O)Nc2ccc(-c3nc(N4CCOCC4)c4ccc(-c5ccncc5)cc4n3)cc2)cc1F. The molecule has 2 aromatic heterocycles. The van der Waals surface area contributed by atoms with Gasteiger partial charge in [0.15, 0.2) is 5.82 Å². The summed E-state index contributed by atoms with van der Waals surface area (Å²) in [5.74, 6) is 0.369. The molecule has 216 valence electrons. The molecular weight excluding hydrogens is 549 g/mol. The fourth-order valence-electron chi connectivity index (χ4n) is 4.86. The van der Waals surface area contributed by atoms with Crippen molar-refractivity contribution in [2.24, 2.45) is 0 Å². The summed E-state index contributed by atoms with van der Waals surface area (Å²) < 4.78 is 19.8. The molecule has 0 bridgehead atoms. The first-order chi connectivity index (χ1) is 20.9. The second kappa shape index (κ2) is 12.2. The number of carbonyl (C=O) groups excluding carboxylic acids is 2. The van der Waals surface area contributed by atoms with Crippen LogP contribution in [-0.2, 0) is 9.53 Å². The number of hydrogen-bond acceptors (Lipinski definition) is 7. The van der Waals surface area contributed by atoms with Gasteiger partial charge in [-0.3, -0.25) is 9.78 Å². The van der Waals surface area contributed by atoms with Crippen molar-refractivity contribution in [2.45, 2.75) is 6.92 Å². The van der Waals surface area contributed by atoms with E-state index in [1.807, 2.05) is 24.3 Å². The van der Waals surface area contributed by atoms with Crippen LogP contribution < -0.4 is 20.9 Å². The molecule has 43 heavy (non-hydrogen) atoms. The number of carbonyl (C=O) groups is 2. The summed E-state index contributed by atoms with van der Waals surface area (Å²) in [6.45, 7) is 4.01. The minimum absolute atomic E-state index is 0.0373. The maximum atomic E-state index is 14.2. The molecule has 0 radical (unpaired) electrons. The number of benzene rings is 3. The van der Waals surface area contributed by atoms with Crippen LogP contribution in [0.25, 0.3) is 33.4 Å². The first-order valence-electron chi connectivity index (χ1n) is 13.7. The third-order valence-electron chi connectivity index (χ3n) is 6.94. The number of anilines is 4. The van der Waals surface area contributed by atoms with Crippen LogP contribution in [-0.4, -0.2) is 53.2 Å². The molecule has 5 aromatic rings. The van der Waals surface area contributed by atoms with E-state index in [1.54, 1.807) is 24.5 Å². The van der Waals surface area contributed by atoms with E-state index in [0.29, 0.717) is 24.7 Å². The van der Waals surface area contributed by atoms with E-state index in [-0.39, 0.29) is 17.3 Å². The molecule has 1 saturated heterocycles. The van der Waals surface area contributed by atoms with Crippen molar-refractivity contribution in [1.29, 1.82) is 0 Å². The Morgan fingerprint density at radius 2 is 1.49 bits per heavy atom. The Hall–Kier alpha value is -5.42. The van der Waals surface area contributed by atoms with Gasteiger partial charge in [-0.2, -0.15) is 0 Å². The zero-order chi connectivity index (χ0) is 29.8. The fourth-order valence-corrected chi connectivity index (χ4v) is 4.86. The van der Waals surface area contributed by atoms with Crippen molar-refractivity contribution < 1.29 is 18.7 Å². The van der Waals surface area contributed by atoms with Crippen molar-refractivity contribution in [3.63, 3.8) is 0 Å². The predicted molar refractivity (Wildman–Crippen MR) is 165 cm³/mol. The van der Waals surface area contributed by atoms with Crippen molar-refractivity contribution in [1.82, 2.24) is 15.0 Å². The van der Waals surface area contributed by atoms with Crippen molar-refractivity contribution in [2.75, 3.05) is 47.2 Å². The maximum Gasteiger partial charge on any atom is 0.323 e. The fraction of sp³-hybridized carbons (Fsp3) is 0.156. The molecule has 1 aliphatic rings. The standard InChI is InChI=1S/C32H28FN7O3/c1-20(41)35-28-9-7-25(19-27(28)33)37-32(42)36-24-5-2-22(3-6-24)30-38-29-18-23(21-10-12-34-13-11-21)4-8-26(29)31(39-30)40-14-16-43-17-15-40/h2-13,18-19H,14-17H2,1H3,(H,35,41)(H2,36,37,42). The molecule has 1 fully saturated rings. The van der Waals surface area contributed by atoms with Gasteiger partial charge >= 0.3 is 6.03 Å². The van der Waals surface area contributed by atoms with E-state index >= 15 is 0 Å². The smallest absolute Gasteiger partial charge is 0.323 e. The van der Waals surface area contributed by atoms with Crippen LogP contribution in [0.4, 0.5) is 32.1 Å². The Kier molecular flexibility index (Phi) is 7.88. The summed E-state index contributed by atoms with van der Waals surface area (Å²) >= 11 is 0. The summed E-state index contributed by atoms with van der Waals surface area (Å²) in [4.78, 5) is 40.0. The van der Waals surface area contributed by atoms with Crippen LogP contribution >= 0.6 is 0 Å². The van der Waals surface area contributed by atoms with Gasteiger partial charge in [0, 0.05) is 54.7 Å². The average Bonchev–Trinajstić information content (AvgIpc) is 3.02. The highest BCUT2D eigenvalue weighted by Crippen LogP contribution is 2.32. The second-order valence-electron chi connectivity index (χ2n) is 9.97. The highest BCUT2D eigenvalue weighted by molar-refractivity contribution is 6.00. The van der Waals surface area contributed by atoms with Crippen molar-refractivity contribution >= 4 is 45.7 Å². The maximum absolute atomic E-state index is 14.2. The summed E-state index contributed by atoms with van der Waals surface area (Å²) in [5, 5.41) is 8.69. The molecule has 3 N–H and O–H groups in total. The van der Waals surface area contributed by atoms with Crippen LogP contribution in [0.1, 0.15) is 6.92 Å². The molecular formula is C32H28FN7O3. The highest BCUT2D eigenvalue weighted by atomic mass is 19.1. The number of fused-ring (bicyclic) bond motifs is 1. The zero-order valence-corrected chi connectivity index (χ0v) is 23.3. The molecule has 0 unspecified atom stereocenters. The summed E-state index contributed by atoms with van der Waals surface area (Å²) in [7, 11) is 0. The van der Waals surface area contributed by atoms with Crippen LogP contribution in [0.3, 0.4) is 0 Å². The number of pyridine rings is 1. The van der Waals surface area contributed by atoms with Gasteiger partial charge in [-0.05, 0) is 77.9 Å². The first-order valence-corrected chi connectivity index (χ1v) is 13.7. The summed E-state index contributed by atoms with van der Waals surface area (Å²) in [6.07, 6.45) is 3.53. The van der Waals surface area contributed by atoms with E-state index in [0.717, 1.165) is 52.6 Å². The summed E-state index contributed by atoms with van der Waals surface area (Å²) in [6, 6.07) is 20.8. The number of amides is 3. The molecule has 1 aliphatic heterocycles. The molecule has 10 nitrogen and oxygen atoms in total. The molecule has 3 heterocycles. The monoisotopic (exact) mass is 577 g/mol. The van der Waals surface area contributed by atoms with E-state index < -0.39 is 11.8 Å². The third kappa shape index (κ3) is 6.41. The quantitative estimate of drug-likeness (QED) is 0.228. The van der Waals surface area contributed by atoms with Gasteiger partial charge in [-0.25, -0.2) is 19.2 Å². The molecule has 0 spiro atoms. The number of urea groups is 1. The average molecular weight is 578 g/mol. The zero-order valence-electron chi connectivity index (χ0n) is 23.3. The van der Waals surface area contributed by atoms with Crippen LogP contribution in [0, 0.1) is 5.82 Å². The van der Waals surface area contributed by atoms with Gasteiger partial charge in [0.1, 0.15) is 11.6 Å². The lowest BCUT2D eigenvalue weighted by atomic mass is 10.0. The summed E-state index contributed by atoms with van der Waals surface area (Å²) in [5.41, 5.74) is 4.49. The number of nitrogens with one attached hydrogen (secondary N) is 3. The topological polar surface area (TPSA) is 121 Å². The Labute approximate surface area is 247 Å². The second-order valence-corrected chi connectivity index (χ2v) is 9.97. The molecule has 11 heteroatoms. The number of aromatic nitrogens is 3. The minimum Gasteiger partial charge on any atom is -0.378 e. The first kappa shape index (κ1) is 27.7. The van der Waals surface area contributed by atoms with Gasteiger partial charge in [-0.15, -0.1) is 0 Å². The van der Waals surface area contributed by atoms with Gasteiger partial charge in [0.2, 0.25) is 5.91 Å². The van der Waals surface area contributed by atoms with Crippen LogP contribution in [0.15, 0.2) is 85.2 Å². The molecule has 3 aromatic carbocycles. The Bertz CT molecular complexity index is 1790. The molecule has 0 aliphatic carbocycles. The van der Waals surface area contributed by atoms with Crippen LogP contribution in [0.5, 0.6) is 0 Å². The number of nitrogens with zero attached hydrogens (tertiary/aromatic N) is 4. The Morgan fingerprint density at radius 1 is 0.791 bits per heavy atom. The normalized spacial score (nSPS) is 13.0. The van der Waals surface area contributed by atoms with Crippen molar-refractivity contribution in [3.05, 3.63) is 91.0 Å². The number of halogens is 1. The lowest BCUT2D eigenvalue weighted by molar-refractivity contribution is -0.114. The van der Waals surface area contributed by atoms with E-state index in [9.17, 15) is 14.0 Å². The number of morpholine rings is 1. The largest absolute Gasteiger partial charge is 0.378 e. The molecule has 0 saturated carbocycles. The van der Waals surface area contributed by atoms with Gasteiger partial charge < -0.3 is 25.6 Å². The van der Waals surface area contributed by atoms with E-state index in [2.05, 4.69) is 44.0 Å². The minimum atomic E-state index is -0.655. The predicted octanol–water partition coefficient (Wildman–Crippen LogP) is 5.94. The van der Waals surface area contributed by atoms with Crippen molar-refractivity contribution in [3.8, 4) is 22.5 Å². The number of hydrogen-bond donors (Lipinski definition) is 3. The Balaban J connectivity index is 1.24. The van der Waals surface area contributed by atoms with Gasteiger partial charge in [0.25, 0.3) is 0 Å². The van der Waals surface area contributed by atoms with Gasteiger partial charge in [-0.1, -0.05) is 6.07 Å². The number of rotatable bonds is 6.